The van der Waals surface area contributed by atoms with Crippen molar-refractivity contribution in [2.45, 2.75) is 20.3 Å². The average Bonchev–Trinajstić information content (AvgIpc) is 1.65. The van der Waals surface area contributed by atoms with Gasteiger partial charge >= 0.3 is 0 Å². The molecule has 0 heterocycles. The lowest BCUT2D eigenvalue weighted by Crippen LogP contribution is -2.08. The predicted molar refractivity (Wildman–Crippen MR) is 35.8 cm³/mol. The molecule has 0 radical (unpaired) electrons. The second-order valence-corrected chi connectivity index (χ2v) is 1.75. The molecule has 0 aromatic rings. The first-order chi connectivity index (χ1) is 2.81. The van der Waals surface area contributed by atoms with Crippen LogP contribution < -0.4 is 5.73 Å². The molecule has 2 heteroatoms. The quantitative estimate of drug-likeness (QED) is 0.591. The van der Waals surface area contributed by atoms with Crippen LogP contribution in [0, 0.1) is 5.92 Å². The number of rotatable bonds is 2. The molecule has 2 N–H and O–H groups in total. The Bertz CT molecular complexity index is 27.3. The van der Waals surface area contributed by atoms with E-state index >= 15 is 0 Å². The van der Waals surface area contributed by atoms with Crippen molar-refractivity contribution in [2.24, 2.45) is 11.7 Å². The molecule has 7 heavy (non-hydrogen) atoms. The third-order valence-corrected chi connectivity index (χ3v) is 1.10. The zero-order valence-corrected chi connectivity index (χ0v) is 5.79. The summed E-state index contributed by atoms with van der Waals surface area (Å²) in [7, 11) is 0. The Morgan fingerprint density at radius 2 is 2.00 bits per heavy atom. The van der Waals surface area contributed by atoms with Crippen LogP contribution in [0.3, 0.4) is 0 Å². The van der Waals surface area contributed by atoms with E-state index in [-0.39, 0.29) is 12.4 Å². The smallest absolute Gasteiger partial charge is 0.00516 e. The molecule has 1 nitrogen and oxygen atoms in total. The lowest BCUT2D eigenvalue weighted by Gasteiger charge is -1.98. The Labute approximate surface area is 51.7 Å². The zero-order valence-electron chi connectivity index (χ0n) is 4.98. The van der Waals surface area contributed by atoms with E-state index in [4.69, 9.17) is 5.73 Å². The van der Waals surface area contributed by atoms with Crippen LogP contribution in [0.2, 0.25) is 0 Å². The van der Waals surface area contributed by atoms with Crippen molar-refractivity contribution in [1.82, 2.24) is 0 Å². The van der Waals surface area contributed by atoms with Crippen molar-refractivity contribution < 1.29 is 0 Å². The van der Waals surface area contributed by atoms with Gasteiger partial charge in [0.05, 0.1) is 0 Å². The van der Waals surface area contributed by atoms with Crippen LogP contribution >= 0.6 is 12.4 Å². The summed E-state index contributed by atoms with van der Waals surface area (Å²) in [6.07, 6.45) is 1.20. The highest BCUT2D eigenvalue weighted by atomic mass is 35.5. The van der Waals surface area contributed by atoms with Crippen LogP contribution in [0.4, 0.5) is 0 Å². The highest BCUT2D eigenvalue weighted by Crippen LogP contribution is 1.93. The Hall–Kier alpha value is 0.250. The minimum Gasteiger partial charge on any atom is -0.330 e. The van der Waals surface area contributed by atoms with E-state index in [1.165, 1.54) is 6.42 Å². The van der Waals surface area contributed by atoms with E-state index in [1.807, 2.05) is 0 Å². The van der Waals surface area contributed by atoms with E-state index in [2.05, 4.69) is 13.8 Å². The second-order valence-electron chi connectivity index (χ2n) is 1.75. The third-order valence-electron chi connectivity index (χ3n) is 1.10. The molecule has 1 unspecified atom stereocenters. The topological polar surface area (TPSA) is 26.0 Å². The van der Waals surface area contributed by atoms with E-state index < -0.39 is 0 Å². The first-order valence-electron chi connectivity index (χ1n) is 2.51. The van der Waals surface area contributed by atoms with Crippen molar-refractivity contribution in [3.63, 3.8) is 0 Å². The van der Waals surface area contributed by atoms with Crippen molar-refractivity contribution in [3.05, 3.63) is 0 Å². The Morgan fingerprint density at radius 1 is 1.57 bits per heavy atom. The predicted octanol–water partition coefficient (Wildman–Crippen LogP) is 1.41. The fourth-order valence-electron chi connectivity index (χ4n) is 0.167. The lowest BCUT2D eigenvalue weighted by atomic mass is 10.1. The summed E-state index contributed by atoms with van der Waals surface area (Å²) >= 11 is 0. The van der Waals surface area contributed by atoms with Gasteiger partial charge in [-0.25, -0.2) is 0 Å². The monoisotopic (exact) mass is 123 g/mol. The van der Waals surface area contributed by atoms with Crippen molar-refractivity contribution in [1.29, 1.82) is 0 Å². The Balaban J connectivity index is 0. The molecule has 0 rings (SSSR count). The lowest BCUT2D eigenvalue weighted by molar-refractivity contribution is 0.576. The maximum absolute atomic E-state index is 5.28. The second kappa shape index (κ2) is 6.25. The molecule has 0 fully saturated rings. The summed E-state index contributed by atoms with van der Waals surface area (Å²) in [6, 6.07) is 0. The number of hydrogen-bond acceptors (Lipinski definition) is 1. The summed E-state index contributed by atoms with van der Waals surface area (Å²) in [5.74, 6) is 0.713. The molecule has 0 aromatic heterocycles. The molecule has 0 spiro atoms. The van der Waals surface area contributed by atoms with Gasteiger partial charge in [-0.1, -0.05) is 20.3 Å². The normalized spacial score (nSPS) is 12.4. The standard InChI is InChI=1S/C5H13N.ClH/c1-3-5(2)4-6;/h5H,3-4,6H2,1-2H3;1H. The summed E-state index contributed by atoms with van der Waals surface area (Å²) in [5.41, 5.74) is 5.28. The third kappa shape index (κ3) is 6.25. The first-order valence-corrected chi connectivity index (χ1v) is 2.51. The van der Waals surface area contributed by atoms with Crippen molar-refractivity contribution in [2.75, 3.05) is 6.54 Å². The van der Waals surface area contributed by atoms with Crippen LogP contribution in [0.15, 0.2) is 0 Å². The van der Waals surface area contributed by atoms with Crippen LogP contribution in [0.5, 0.6) is 0 Å². The SMILES string of the molecule is CCC(C)CN.Cl. The van der Waals surface area contributed by atoms with Crippen LogP contribution in [-0.2, 0) is 0 Å². The highest BCUT2D eigenvalue weighted by Gasteiger charge is 1.88. The van der Waals surface area contributed by atoms with E-state index in [9.17, 15) is 0 Å². The van der Waals surface area contributed by atoms with Gasteiger partial charge in [0.15, 0.2) is 0 Å². The zero-order chi connectivity index (χ0) is 4.99. The van der Waals surface area contributed by atoms with Crippen molar-refractivity contribution in [3.8, 4) is 0 Å². The van der Waals surface area contributed by atoms with Gasteiger partial charge in [-0.2, -0.15) is 0 Å². The van der Waals surface area contributed by atoms with Gasteiger partial charge in [0.25, 0.3) is 0 Å². The van der Waals surface area contributed by atoms with Gasteiger partial charge in [-0.15, -0.1) is 12.4 Å². The summed E-state index contributed by atoms with van der Waals surface area (Å²) in [4.78, 5) is 0. The highest BCUT2D eigenvalue weighted by molar-refractivity contribution is 5.85. The minimum absolute atomic E-state index is 0. The van der Waals surface area contributed by atoms with Gasteiger partial charge in [-0.3, -0.25) is 0 Å². The Kier molecular flexibility index (Phi) is 9.17. The van der Waals surface area contributed by atoms with Crippen molar-refractivity contribution >= 4 is 12.4 Å². The minimum atomic E-state index is 0. The largest absolute Gasteiger partial charge is 0.330 e. The molecular formula is C5H14ClN. The van der Waals surface area contributed by atoms with Gasteiger partial charge in [0.2, 0.25) is 0 Å². The fraction of sp³-hybridized carbons (Fsp3) is 1.00. The van der Waals surface area contributed by atoms with Crippen LogP contribution in [-0.4, -0.2) is 6.54 Å². The van der Waals surface area contributed by atoms with Gasteiger partial charge < -0.3 is 5.73 Å². The molecule has 0 aliphatic carbocycles. The number of hydrogen-bond donors (Lipinski definition) is 1. The molecule has 0 aromatic carbocycles. The molecule has 0 amide bonds. The fourth-order valence-corrected chi connectivity index (χ4v) is 0.167. The van der Waals surface area contributed by atoms with Gasteiger partial charge in [0.1, 0.15) is 0 Å². The van der Waals surface area contributed by atoms with E-state index in [1.54, 1.807) is 0 Å². The Morgan fingerprint density at radius 3 is 2.00 bits per heavy atom. The summed E-state index contributed by atoms with van der Waals surface area (Å²) in [5, 5.41) is 0. The molecule has 0 aliphatic heterocycles. The molecule has 0 aliphatic rings. The average molecular weight is 124 g/mol. The molecule has 1 atom stereocenters. The molecule has 46 valence electrons. The summed E-state index contributed by atoms with van der Waals surface area (Å²) < 4.78 is 0. The van der Waals surface area contributed by atoms with E-state index in [0.717, 1.165) is 6.54 Å². The maximum Gasteiger partial charge on any atom is -0.00516 e. The van der Waals surface area contributed by atoms with Crippen LogP contribution in [0.1, 0.15) is 20.3 Å². The molecule has 0 bridgehead atoms. The van der Waals surface area contributed by atoms with Gasteiger partial charge in [0, 0.05) is 0 Å². The number of nitrogens with two attached hydrogens (primary N) is 1. The van der Waals surface area contributed by atoms with Gasteiger partial charge in [-0.05, 0) is 12.5 Å². The van der Waals surface area contributed by atoms with Crippen LogP contribution in [0.25, 0.3) is 0 Å². The molecular weight excluding hydrogens is 110 g/mol. The molecule has 0 saturated heterocycles. The summed E-state index contributed by atoms with van der Waals surface area (Å²) in [6.45, 7) is 5.13. The maximum atomic E-state index is 5.28. The van der Waals surface area contributed by atoms with E-state index in [0.29, 0.717) is 5.92 Å². The first kappa shape index (κ1) is 10.3. The number of halogens is 1. The molecule has 0 saturated carbocycles.